The number of amides is 2. The van der Waals surface area contributed by atoms with E-state index in [2.05, 4.69) is 21.8 Å². The van der Waals surface area contributed by atoms with Crippen molar-refractivity contribution in [3.63, 3.8) is 0 Å². The molecule has 0 aliphatic carbocycles. The first-order valence-corrected chi connectivity index (χ1v) is 10.1. The van der Waals surface area contributed by atoms with Crippen LogP contribution in [0.25, 0.3) is 11.4 Å². The van der Waals surface area contributed by atoms with Crippen LogP contribution in [0.3, 0.4) is 0 Å². The topological polar surface area (TPSA) is 154 Å². The summed E-state index contributed by atoms with van der Waals surface area (Å²) in [5, 5.41) is 10.5. The van der Waals surface area contributed by atoms with Crippen molar-refractivity contribution < 1.29 is 22.5 Å². The minimum Gasteiger partial charge on any atom is -0.474 e. The summed E-state index contributed by atoms with van der Waals surface area (Å²) in [6.45, 7) is 0.881. The highest BCUT2D eigenvalue weighted by molar-refractivity contribution is 14.1. The molecule has 1 atom stereocenters. The first-order valence-electron chi connectivity index (χ1n) is 9.20. The van der Waals surface area contributed by atoms with E-state index in [1.807, 2.05) is 0 Å². The Hall–Kier alpha value is -2.95. The zero-order valence-electron chi connectivity index (χ0n) is 16.6. The number of primary amides is 1. The number of halogens is 1. The summed E-state index contributed by atoms with van der Waals surface area (Å²) in [7, 11) is 1.61. The number of carbonyl (C=O) groups is 2. The molecule has 1 aliphatic rings. The Morgan fingerprint density at radius 3 is 2.81 bits per heavy atom. The Morgan fingerprint density at radius 2 is 2.16 bits per heavy atom. The Bertz CT molecular complexity index is 1080. The number of nitrogen functional groups attached to an aromatic ring is 1. The molecule has 0 saturated carbocycles. The van der Waals surface area contributed by atoms with Crippen LogP contribution in [0.1, 0.15) is 22.5 Å². The molecular weight excluding hydrogens is 517 g/mol. The molecule has 1 aromatic heterocycles. The maximum atomic E-state index is 12.1. The Balaban J connectivity index is 1.96. The number of hydrogen-bond acceptors (Lipinski definition) is 8. The standard InChI is InChI=1S/C20H20IN5O5/c1-26-8-7-20(29,19(26)28)6-5-12-3-2-4-13(11-12)17-24-15(16(23)27)14(22)18(25-17)30-9-10-31-21/h2-4,11,29H,7-10,22H2,1H3,(H2,23,27)/t20-/m0/s1. The highest BCUT2D eigenvalue weighted by Gasteiger charge is 2.42. The van der Waals surface area contributed by atoms with Crippen molar-refractivity contribution in [1.82, 2.24) is 14.9 Å². The van der Waals surface area contributed by atoms with Crippen LogP contribution in [0.15, 0.2) is 24.3 Å². The Kier molecular flexibility index (Phi) is 6.94. The lowest BCUT2D eigenvalue weighted by atomic mass is 10.0. The van der Waals surface area contributed by atoms with Crippen molar-refractivity contribution in [3.8, 4) is 29.1 Å². The highest BCUT2D eigenvalue weighted by atomic mass is 127. The minimum absolute atomic E-state index is 0.0117. The van der Waals surface area contributed by atoms with Gasteiger partial charge in [-0.1, -0.05) is 24.0 Å². The van der Waals surface area contributed by atoms with Crippen LogP contribution in [-0.4, -0.2) is 64.2 Å². The summed E-state index contributed by atoms with van der Waals surface area (Å²) in [4.78, 5) is 33.8. The summed E-state index contributed by atoms with van der Waals surface area (Å²) in [5.41, 5.74) is 10.4. The van der Waals surface area contributed by atoms with Gasteiger partial charge in [-0.05, 0) is 12.1 Å². The largest absolute Gasteiger partial charge is 0.474 e. The number of anilines is 1. The van der Waals surface area contributed by atoms with Gasteiger partial charge in [0.2, 0.25) is 11.5 Å². The Morgan fingerprint density at radius 1 is 1.39 bits per heavy atom. The second-order valence-corrected chi connectivity index (χ2v) is 7.43. The minimum atomic E-state index is -1.71. The van der Waals surface area contributed by atoms with Gasteiger partial charge in [0.1, 0.15) is 35.3 Å². The van der Waals surface area contributed by atoms with Crippen molar-refractivity contribution in [2.45, 2.75) is 12.0 Å². The number of carbonyl (C=O) groups excluding carboxylic acids is 2. The molecule has 0 spiro atoms. The van der Waals surface area contributed by atoms with Gasteiger partial charge in [-0.25, -0.2) is 4.98 Å². The summed E-state index contributed by atoms with van der Waals surface area (Å²) in [6.07, 6.45) is 0.236. The van der Waals surface area contributed by atoms with E-state index in [1.165, 1.54) is 4.90 Å². The SMILES string of the molecule is CN1CC[C@@](O)(C#Cc2cccc(-c3nc(OCCOI)c(N)c(C(N)=O)n3)c2)C1=O. The number of nitrogens with two attached hydrogens (primary N) is 2. The number of nitrogens with zero attached hydrogens (tertiary/aromatic N) is 3. The van der Waals surface area contributed by atoms with E-state index < -0.39 is 17.4 Å². The maximum Gasteiger partial charge on any atom is 0.269 e. The zero-order valence-corrected chi connectivity index (χ0v) is 18.7. The third-order valence-electron chi connectivity index (χ3n) is 4.59. The van der Waals surface area contributed by atoms with E-state index >= 15 is 0 Å². The molecule has 0 bridgehead atoms. The number of benzene rings is 1. The lowest BCUT2D eigenvalue weighted by Gasteiger charge is -2.13. The van der Waals surface area contributed by atoms with Gasteiger partial charge in [-0.3, -0.25) is 9.59 Å². The summed E-state index contributed by atoms with van der Waals surface area (Å²) < 4.78 is 10.4. The number of aliphatic hydroxyl groups is 1. The predicted molar refractivity (Wildman–Crippen MR) is 120 cm³/mol. The third-order valence-corrected chi connectivity index (χ3v) is 5.03. The van der Waals surface area contributed by atoms with Gasteiger partial charge in [0.15, 0.2) is 11.5 Å². The summed E-state index contributed by atoms with van der Waals surface area (Å²) in [5.74, 6) is 4.40. The molecule has 0 radical (unpaired) electrons. The molecule has 2 amide bonds. The fourth-order valence-electron chi connectivity index (χ4n) is 2.93. The molecule has 10 nitrogen and oxygen atoms in total. The van der Waals surface area contributed by atoms with E-state index in [4.69, 9.17) is 19.3 Å². The molecule has 1 saturated heterocycles. The van der Waals surface area contributed by atoms with Gasteiger partial charge >= 0.3 is 0 Å². The molecule has 2 aromatic rings. The van der Waals surface area contributed by atoms with Gasteiger partial charge in [0.25, 0.3) is 11.8 Å². The molecule has 2 heterocycles. The lowest BCUT2D eigenvalue weighted by Crippen LogP contribution is -2.37. The number of rotatable bonds is 6. The molecule has 1 fully saturated rings. The monoisotopic (exact) mass is 537 g/mol. The summed E-state index contributed by atoms with van der Waals surface area (Å²) >= 11 is 1.73. The molecule has 162 valence electrons. The molecule has 1 aliphatic heterocycles. The first-order chi connectivity index (χ1) is 14.7. The fourth-order valence-corrected chi connectivity index (χ4v) is 3.11. The number of likely N-dealkylation sites (N-methyl/N-ethyl adjacent to an activating group) is 1. The van der Waals surface area contributed by atoms with Gasteiger partial charge in [0, 0.05) is 31.1 Å². The highest BCUT2D eigenvalue weighted by Crippen LogP contribution is 2.27. The molecule has 0 unspecified atom stereocenters. The first kappa shape index (κ1) is 22.7. The quantitative estimate of drug-likeness (QED) is 0.274. The second kappa shape index (κ2) is 9.46. The smallest absolute Gasteiger partial charge is 0.269 e. The zero-order chi connectivity index (χ0) is 22.6. The van der Waals surface area contributed by atoms with Crippen LogP contribution in [0.5, 0.6) is 5.88 Å². The summed E-state index contributed by atoms with van der Waals surface area (Å²) in [6, 6.07) is 6.79. The molecule has 31 heavy (non-hydrogen) atoms. The van der Waals surface area contributed by atoms with Crippen molar-refractivity contribution in [2.75, 3.05) is 32.5 Å². The van der Waals surface area contributed by atoms with Crippen LogP contribution in [-0.2, 0) is 7.86 Å². The van der Waals surface area contributed by atoms with Crippen molar-refractivity contribution in [2.24, 2.45) is 5.73 Å². The van der Waals surface area contributed by atoms with E-state index in [-0.39, 0.29) is 42.7 Å². The van der Waals surface area contributed by atoms with Crippen LogP contribution in [0.2, 0.25) is 0 Å². The average Bonchev–Trinajstić information content (AvgIpc) is 3.01. The van der Waals surface area contributed by atoms with E-state index in [0.29, 0.717) is 17.7 Å². The van der Waals surface area contributed by atoms with Gasteiger partial charge < -0.3 is 29.3 Å². The molecular formula is C20H20IN5O5. The van der Waals surface area contributed by atoms with Crippen LogP contribution in [0.4, 0.5) is 5.69 Å². The second-order valence-electron chi connectivity index (χ2n) is 6.81. The molecule has 3 rings (SSSR count). The van der Waals surface area contributed by atoms with Crippen LogP contribution in [0, 0.1) is 11.8 Å². The fraction of sp³-hybridized carbons (Fsp3) is 0.300. The molecule has 11 heteroatoms. The van der Waals surface area contributed by atoms with Crippen LogP contribution >= 0.6 is 23.0 Å². The Labute approximate surface area is 192 Å². The molecule has 1 aromatic carbocycles. The van der Waals surface area contributed by atoms with Gasteiger partial charge in [-0.2, -0.15) is 4.98 Å². The van der Waals surface area contributed by atoms with E-state index in [9.17, 15) is 14.7 Å². The number of ether oxygens (including phenoxy) is 1. The number of hydrogen-bond donors (Lipinski definition) is 3. The van der Waals surface area contributed by atoms with Crippen molar-refractivity contribution >= 4 is 40.5 Å². The van der Waals surface area contributed by atoms with Crippen molar-refractivity contribution in [1.29, 1.82) is 0 Å². The predicted octanol–water partition coefficient (Wildman–Crippen LogP) is 0.515. The molecule has 5 N–H and O–H groups in total. The average molecular weight is 537 g/mol. The maximum absolute atomic E-state index is 12.1. The van der Waals surface area contributed by atoms with Gasteiger partial charge in [-0.15, -0.1) is 0 Å². The van der Waals surface area contributed by atoms with E-state index in [1.54, 1.807) is 54.3 Å². The number of likely N-dealkylation sites (tertiary alicyclic amines) is 1. The van der Waals surface area contributed by atoms with Crippen molar-refractivity contribution in [3.05, 3.63) is 35.5 Å². The van der Waals surface area contributed by atoms with E-state index in [0.717, 1.165) is 0 Å². The number of aromatic nitrogens is 2. The lowest BCUT2D eigenvalue weighted by molar-refractivity contribution is -0.137. The third kappa shape index (κ3) is 5.04. The van der Waals surface area contributed by atoms with Crippen LogP contribution < -0.4 is 16.2 Å². The van der Waals surface area contributed by atoms with Gasteiger partial charge in [0.05, 0.1) is 6.61 Å². The normalized spacial score (nSPS) is 17.9.